The molecule has 0 bridgehead atoms. The van der Waals surface area contributed by atoms with Crippen LogP contribution in [-0.2, 0) is 6.54 Å². The molecule has 0 atom stereocenters. The molecule has 0 aliphatic carbocycles. The molecular formula is C18H18ClNO2. The molecule has 4 heteroatoms. The van der Waals surface area contributed by atoms with Crippen LogP contribution in [-0.4, -0.2) is 25.3 Å². The van der Waals surface area contributed by atoms with E-state index >= 15 is 0 Å². The Bertz CT molecular complexity index is 667. The summed E-state index contributed by atoms with van der Waals surface area (Å²) in [6.45, 7) is 2.05. The van der Waals surface area contributed by atoms with Gasteiger partial charge in [-0.2, -0.15) is 0 Å². The zero-order valence-electron chi connectivity index (χ0n) is 12.5. The van der Waals surface area contributed by atoms with Crippen LogP contribution in [0.3, 0.4) is 0 Å². The van der Waals surface area contributed by atoms with Crippen molar-refractivity contribution in [1.29, 1.82) is 0 Å². The number of nitrogens with zero attached hydrogens (tertiary/aromatic N) is 1. The van der Waals surface area contributed by atoms with Gasteiger partial charge in [-0.1, -0.05) is 42.0 Å². The second-order valence-corrected chi connectivity index (χ2v) is 5.77. The standard InChI is InChI=1S/C18H18ClNO2/c1-20(10-2-3-14-4-7-16(19)8-5-14)12-15-6-9-17-18(11-15)22-13-21-17/h2-9,11H,10,12-13H2,1H3/b3-2+. The molecule has 0 unspecified atom stereocenters. The van der Waals surface area contributed by atoms with Crippen LogP contribution in [0.2, 0.25) is 5.02 Å². The van der Waals surface area contributed by atoms with Gasteiger partial charge in [0.1, 0.15) is 0 Å². The summed E-state index contributed by atoms with van der Waals surface area (Å²) in [5.74, 6) is 1.66. The maximum absolute atomic E-state index is 5.88. The molecule has 0 aromatic heterocycles. The topological polar surface area (TPSA) is 21.7 Å². The van der Waals surface area contributed by atoms with Crippen LogP contribution in [0.15, 0.2) is 48.5 Å². The van der Waals surface area contributed by atoms with Gasteiger partial charge in [-0.05, 0) is 42.4 Å². The molecule has 1 aliphatic heterocycles. The van der Waals surface area contributed by atoms with Gasteiger partial charge in [0.2, 0.25) is 6.79 Å². The maximum Gasteiger partial charge on any atom is 0.231 e. The molecule has 22 heavy (non-hydrogen) atoms. The number of hydrogen-bond acceptors (Lipinski definition) is 3. The fourth-order valence-electron chi connectivity index (χ4n) is 2.36. The van der Waals surface area contributed by atoms with Crippen LogP contribution in [0, 0.1) is 0 Å². The number of likely N-dealkylation sites (N-methyl/N-ethyl adjacent to an activating group) is 1. The van der Waals surface area contributed by atoms with Crippen molar-refractivity contribution in [2.45, 2.75) is 6.54 Å². The van der Waals surface area contributed by atoms with Gasteiger partial charge in [0, 0.05) is 18.1 Å². The van der Waals surface area contributed by atoms with E-state index in [1.165, 1.54) is 5.56 Å². The monoisotopic (exact) mass is 315 g/mol. The average molecular weight is 316 g/mol. The third-order valence-electron chi connectivity index (χ3n) is 3.49. The molecule has 2 aromatic carbocycles. The van der Waals surface area contributed by atoms with Crippen LogP contribution < -0.4 is 9.47 Å². The predicted octanol–water partition coefficient (Wildman–Crippen LogP) is 4.21. The summed E-state index contributed by atoms with van der Waals surface area (Å²) in [4.78, 5) is 2.24. The molecular weight excluding hydrogens is 298 g/mol. The van der Waals surface area contributed by atoms with Crippen molar-refractivity contribution in [3.63, 3.8) is 0 Å². The van der Waals surface area contributed by atoms with Gasteiger partial charge < -0.3 is 9.47 Å². The summed E-state index contributed by atoms with van der Waals surface area (Å²) >= 11 is 5.88. The van der Waals surface area contributed by atoms with Crippen molar-refractivity contribution in [1.82, 2.24) is 4.90 Å². The quantitative estimate of drug-likeness (QED) is 0.825. The van der Waals surface area contributed by atoms with E-state index in [-0.39, 0.29) is 0 Å². The first-order valence-electron chi connectivity index (χ1n) is 7.20. The number of fused-ring (bicyclic) bond motifs is 1. The Kier molecular flexibility index (Phi) is 4.66. The van der Waals surface area contributed by atoms with Crippen LogP contribution in [0.1, 0.15) is 11.1 Å². The third kappa shape index (κ3) is 3.81. The zero-order chi connectivity index (χ0) is 15.4. The van der Waals surface area contributed by atoms with E-state index in [2.05, 4.69) is 30.2 Å². The second kappa shape index (κ2) is 6.86. The predicted molar refractivity (Wildman–Crippen MR) is 89.4 cm³/mol. The van der Waals surface area contributed by atoms with Gasteiger partial charge in [0.05, 0.1) is 0 Å². The van der Waals surface area contributed by atoms with Crippen molar-refractivity contribution < 1.29 is 9.47 Å². The molecule has 0 saturated carbocycles. The zero-order valence-corrected chi connectivity index (χ0v) is 13.2. The molecule has 0 spiro atoms. The number of ether oxygens (including phenoxy) is 2. The van der Waals surface area contributed by atoms with E-state index in [1.54, 1.807) is 0 Å². The average Bonchev–Trinajstić information content (AvgIpc) is 2.97. The van der Waals surface area contributed by atoms with E-state index in [9.17, 15) is 0 Å². The van der Waals surface area contributed by atoms with E-state index in [0.717, 1.165) is 35.2 Å². The highest BCUT2D eigenvalue weighted by Gasteiger charge is 2.13. The first-order chi connectivity index (χ1) is 10.7. The number of hydrogen-bond donors (Lipinski definition) is 0. The largest absolute Gasteiger partial charge is 0.454 e. The molecule has 0 fully saturated rings. The molecule has 3 rings (SSSR count). The number of rotatable bonds is 5. The van der Waals surface area contributed by atoms with Gasteiger partial charge >= 0.3 is 0 Å². The Hall–Kier alpha value is -1.97. The van der Waals surface area contributed by atoms with Gasteiger partial charge in [-0.15, -0.1) is 0 Å². The minimum Gasteiger partial charge on any atom is -0.454 e. The minimum atomic E-state index is 0.318. The van der Waals surface area contributed by atoms with Crippen LogP contribution in [0.4, 0.5) is 0 Å². The highest BCUT2D eigenvalue weighted by atomic mass is 35.5. The fourth-order valence-corrected chi connectivity index (χ4v) is 2.48. The summed E-state index contributed by atoms with van der Waals surface area (Å²) in [5.41, 5.74) is 2.37. The minimum absolute atomic E-state index is 0.318. The smallest absolute Gasteiger partial charge is 0.231 e. The Morgan fingerprint density at radius 3 is 2.68 bits per heavy atom. The highest BCUT2D eigenvalue weighted by molar-refractivity contribution is 6.30. The Labute approximate surface area is 135 Å². The molecule has 0 amide bonds. The van der Waals surface area contributed by atoms with Crippen LogP contribution in [0.25, 0.3) is 6.08 Å². The first kappa shape index (κ1) is 14.9. The molecule has 3 nitrogen and oxygen atoms in total. The molecule has 2 aromatic rings. The van der Waals surface area contributed by atoms with Gasteiger partial charge in [-0.25, -0.2) is 0 Å². The summed E-state index contributed by atoms with van der Waals surface area (Å²) < 4.78 is 10.7. The van der Waals surface area contributed by atoms with Gasteiger partial charge in [0.15, 0.2) is 11.5 Å². The van der Waals surface area contributed by atoms with Crippen molar-refractivity contribution >= 4 is 17.7 Å². The number of benzene rings is 2. The van der Waals surface area contributed by atoms with E-state index in [0.29, 0.717) is 6.79 Å². The summed E-state index contributed by atoms with van der Waals surface area (Å²) in [6, 6.07) is 13.9. The lowest BCUT2D eigenvalue weighted by atomic mass is 10.2. The molecule has 0 radical (unpaired) electrons. The summed E-state index contributed by atoms with van der Waals surface area (Å²) in [7, 11) is 2.09. The Morgan fingerprint density at radius 2 is 1.86 bits per heavy atom. The molecule has 0 N–H and O–H groups in total. The van der Waals surface area contributed by atoms with Crippen molar-refractivity contribution in [2.75, 3.05) is 20.4 Å². The molecule has 1 aliphatic rings. The second-order valence-electron chi connectivity index (χ2n) is 5.34. The normalized spacial score (nSPS) is 13.2. The molecule has 114 valence electrons. The Balaban J connectivity index is 1.54. The third-order valence-corrected chi connectivity index (χ3v) is 3.74. The van der Waals surface area contributed by atoms with E-state index < -0.39 is 0 Å². The maximum atomic E-state index is 5.88. The molecule has 0 saturated heterocycles. The highest BCUT2D eigenvalue weighted by Crippen LogP contribution is 2.32. The van der Waals surface area contributed by atoms with Crippen molar-refractivity contribution in [3.8, 4) is 11.5 Å². The van der Waals surface area contributed by atoms with Gasteiger partial charge in [-0.3, -0.25) is 4.90 Å². The van der Waals surface area contributed by atoms with E-state index in [4.69, 9.17) is 21.1 Å². The lowest BCUT2D eigenvalue weighted by Crippen LogP contribution is -2.17. The van der Waals surface area contributed by atoms with Crippen molar-refractivity contribution in [3.05, 3.63) is 64.7 Å². The molecule has 1 heterocycles. The summed E-state index contributed by atoms with van der Waals surface area (Å²) in [5, 5.41) is 0.761. The number of halogens is 1. The summed E-state index contributed by atoms with van der Waals surface area (Å²) in [6.07, 6.45) is 4.25. The van der Waals surface area contributed by atoms with E-state index in [1.807, 2.05) is 36.4 Å². The Morgan fingerprint density at radius 1 is 1.09 bits per heavy atom. The SMILES string of the molecule is CN(C/C=C/c1ccc(Cl)cc1)Cc1ccc2c(c1)OCO2. The van der Waals surface area contributed by atoms with Crippen molar-refractivity contribution in [2.24, 2.45) is 0 Å². The van der Waals surface area contributed by atoms with Crippen LogP contribution in [0.5, 0.6) is 11.5 Å². The lowest BCUT2D eigenvalue weighted by Gasteiger charge is -2.14. The first-order valence-corrected chi connectivity index (χ1v) is 7.58. The van der Waals surface area contributed by atoms with Crippen LogP contribution >= 0.6 is 11.6 Å². The fraction of sp³-hybridized carbons (Fsp3) is 0.222. The van der Waals surface area contributed by atoms with Gasteiger partial charge in [0.25, 0.3) is 0 Å². The lowest BCUT2D eigenvalue weighted by molar-refractivity contribution is 0.174.